The van der Waals surface area contributed by atoms with Crippen molar-refractivity contribution in [3.63, 3.8) is 0 Å². The van der Waals surface area contributed by atoms with Crippen LogP contribution < -0.4 is 5.32 Å². The zero-order valence-corrected chi connectivity index (χ0v) is 18.1. The standard InChI is InChI=1S/C24H27N5O3/c1-17-7-2-3-10-19(17)20-15-21(28-27-20)24(31)29-13-14-32-22(16-29)23(30)26-12-6-9-18-8-4-5-11-25-18/h2-5,7-8,10-11,15,22H,6,9,12-14,16H2,1H3,(H,26,30)(H,27,28). The summed E-state index contributed by atoms with van der Waals surface area (Å²) in [5.41, 5.74) is 4.19. The van der Waals surface area contributed by atoms with Gasteiger partial charge in [0.15, 0.2) is 6.10 Å². The molecule has 4 rings (SSSR count). The summed E-state index contributed by atoms with van der Waals surface area (Å²) in [6.45, 7) is 3.50. The summed E-state index contributed by atoms with van der Waals surface area (Å²) in [6.07, 6.45) is 2.66. The van der Waals surface area contributed by atoms with E-state index in [0.717, 1.165) is 35.4 Å². The van der Waals surface area contributed by atoms with Gasteiger partial charge in [-0.3, -0.25) is 19.7 Å². The number of hydrogen-bond acceptors (Lipinski definition) is 5. The monoisotopic (exact) mass is 433 g/mol. The number of carbonyl (C=O) groups excluding carboxylic acids is 2. The van der Waals surface area contributed by atoms with Gasteiger partial charge in [-0.25, -0.2) is 0 Å². The molecule has 1 saturated heterocycles. The molecule has 2 N–H and O–H groups in total. The number of hydrogen-bond donors (Lipinski definition) is 2. The van der Waals surface area contributed by atoms with E-state index in [1.165, 1.54) is 0 Å². The van der Waals surface area contributed by atoms with Gasteiger partial charge in [0.05, 0.1) is 18.8 Å². The Labute approximate surface area is 187 Å². The highest BCUT2D eigenvalue weighted by molar-refractivity contribution is 5.94. The van der Waals surface area contributed by atoms with Gasteiger partial charge in [-0.1, -0.05) is 30.3 Å². The van der Waals surface area contributed by atoms with E-state index in [1.807, 2.05) is 49.4 Å². The lowest BCUT2D eigenvalue weighted by Crippen LogP contribution is -2.51. The summed E-state index contributed by atoms with van der Waals surface area (Å²) < 4.78 is 5.62. The summed E-state index contributed by atoms with van der Waals surface area (Å²) in [6, 6.07) is 15.4. The van der Waals surface area contributed by atoms with Crippen molar-refractivity contribution in [1.82, 2.24) is 25.4 Å². The second kappa shape index (κ2) is 10.2. The SMILES string of the molecule is Cc1ccccc1-c1cc(C(=O)N2CCOC(C(=O)NCCCc3ccccn3)C2)[nH]n1. The van der Waals surface area contributed by atoms with Gasteiger partial charge >= 0.3 is 0 Å². The Morgan fingerprint density at radius 1 is 1.22 bits per heavy atom. The molecule has 166 valence electrons. The van der Waals surface area contributed by atoms with E-state index in [4.69, 9.17) is 4.74 Å². The third kappa shape index (κ3) is 5.20. The fraction of sp³-hybridized carbons (Fsp3) is 0.333. The summed E-state index contributed by atoms with van der Waals surface area (Å²) in [7, 11) is 0. The molecule has 0 spiro atoms. The molecule has 3 heterocycles. The molecule has 1 atom stereocenters. The van der Waals surface area contributed by atoms with Gasteiger partial charge in [0.25, 0.3) is 11.8 Å². The number of aromatic amines is 1. The molecule has 1 aliphatic heterocycles. The first-order valence-electron chi connectivity index (χ1n) is 10.8. The Bertz CT molecular complexity index is 1070. The highest BCUT2D eigenvalue weighted by Gasteiger charge is 2.30. The second-order valence-electron chi connectivity index (χ2n) is 7.81. The lowest BCUT2D eigenvalue weighted by molar-refractivity contribution is -0.137. The number of rotatable bonds is 7. The minimum absolute atomic E-state index is 0.186. The molecule has 8 heteroatoms. The lowest BCUT2D eigenvalue weighted by atomic mass is 10.1. The number of nitrogens with zero attached hydrogens (tertiary/aromatic N) is 3. The van der Waals surface area contributed by atoms with Gasteiger partial charge in [-0.2, -0.15) is 5.10 Å². The maximum absolute atomic E-state index is 13.0. The fourth-order valence-corrected chi connectivity index (χ4v) is 3.73. The Morgan fingerprint density at radius 3 is 2.88 bits per heavy atom. The molecule has 2 aromatic heterocycles. The number of benzene rings is 1. The molecule has 32 heavy (non-hydrogen) atoms. The van der Waals surface area contributed by atoms with Crippen LogP contribution in [0.5, 0.6) is 0 Å². The van der Waals surface area contributed by atoms with Crippen LogP contribution in [-0.4, -0.2) is 64.2 Å². The second-order valence-corrected chi connectivity index (χ2v) is 7.81. The van der Waals surface area contributed by atoms with Crippen LogP contribution in [0.1, 0.15) is 28.2 Å². The van der Waals surface area contributed by atoms with E-state index in [2.05, 4.69) is 20.5 Å². The van der Waals surface area contributed by atoms with Crippen molar-refractivity contribution in [1.29, 1.82) is 0 Å². The molecule has 0 saturated carbocycles. The highest BCUT2D eigenvalue weighted by Crippen LogP contribution is 2.22. The van der Waals surface area contributed by atoms with Gasteiger partial charge in [0, 0.05) is 30.5 Å². The maximum atomic E-state index is 13.0. The number of carbonyl (C=O) groups is 2. The summed E-state index contributed by atoms with van der Waals surface area (Å²) in [5.74, 6) is -0.387. The number of morpholine rings is 1. The summed E-state index contributed by atoms with van der Waals surface area (Å²) >= 11 is 0. The van der Waals surface area contributed by atoms with Crippen molar-refractivity contribution >= 4 is 11.8 Å². The van der Waals surface area contributed by atoms with Crippen LogP contribution in [0, 0.1) is 6.92 Å². The molecule has 1 aliphatic rings. The van der Waals surface area contributed by atoms with Crippen molar-refractivity contribution in [3.05, 3.63) is 71.7 Å². The fourth-order valence-electron chi connectivity index (χ4n) is 3.73. The van der Waals surface area contributed by atoms with Crippen LogP contribution in [0.15, 0.2) is 54.7 Å². The topological polar surface area (TPSA) is 100 Å². The number of amides is 2. The van der Waals surface area contributed by atoms with Crippen molar-refractivity contribution < 1.29 is 14.3 Å². The van der Waals surface area contributed by atoms with Gasteiger partial charge < -0.3 is 15.0 Å². The van der Waals surface area contributed by atoms with Crippen LogP contribution in [0.25, 0.3) is 11.3 Å². The number of H-pyrrole nitrogens is 1. The van der Waals surface area contributed by atoms with Crippen molar-refractivity contribution in [2.75, 3.05) is 26.2 Å². The minimum Gasteiger partial charge on any atom is -0.365 e. The van der Waals surface area contributed by atoms with E-state index < -0.39 is 6.10 Å². The summed E-state index contributed by atoms with van der Waals surface area (Å²) in [4.78, 5) is 31.4. The van der Waals surface area contributed by atoms with Crippen LogP contribution >= 0.6 is 0 Å². The van der Waals surface area contributed by atoms with Crippen LogP contribution in [0.4, 0.5) is 0 Å². The molecule has 1 fully saturated rings. The number of aryl methyl sites for hydroxylation is 2. The highest BCUT2D eigenvalue weighted by atomic mass is 16.5. The number of nitrogens with one attached hydrogen (secondary N) is 2. The molecule has 0 aliphatic carbocycles. The Hall–Kier alpha value is -3.52. The van der Waals surface area contributed by atoms with Crippen LogP contribution in [-0.2, 0) is 16.0 Å². The van der Waals surface area contributed by atoms with Gasteiger partial charge in [0.1, 0.15) is 5.69 Å². The van der Waals surface area contributed by atoms with Crippen LogP contribution in [0.2, 0.25) is 0 Å². The molecular weight excluding hydrogens is 406 g/mol. The first-order valence-corrected chi connectivity index (χ1v) is 10.8. The smallest absolute Gasteiger partial charge is 0.272 e. The number of aromatic nitrogens is 3. The van der Waals surface area contributed by atoms with Gasteiger partial charge in [-0.15, -0.1) is 0 Å². The molecule has 3 aromatic rings. The molecular formula is C24H27N5O3. The third-order valence-corrected chi connectivity index (χ3v) is 5.51. The predicted molar refractivity (Wildman–Crippen MR) is 120 cm³/mol. The van der Waals surface area contributed by atoms with Gasteiger partial charge in [0.2, 0.25) is 0 Å². The lowest BCUT2D eigenvalue weighted by Gasteiger charge is -2.31. The average Bonchev–Trinajstić information content (AvgIpc) is 3.32. The normalized spacial score (nSPS) is 16.0. The first-order chi connectivity index (χ1) is 15.6. The third-order valence-electron chi connectivity index (χ3n) is 5.51. The van der Waals surface area contributed by atoms with E-state index in [1.54, 1.807) is 17.2 Å². The molecule has 1 aromatic carbocycles. The average molecular weight is 434 g/mol. The van der Waals surface area contributed by atoms with E-state index in [-0.39, 0.29) is 18.4 Å². The molecule has 0 bridgehead atoms. The zero-order valence-electron chi connectivity index (χ0n) is 18.1. The quantitative estimate of drug-likeness (QED) is 0.557. The molecule has 8 nitrogen and oxygen atoms in total. The molecule has 1 unspecified atom stereocenters. The Balaban J connectivity index is 1.30. The minimum atomic E-state index is -0.679. The van der Waals surface area contributed by atoms with Crippen molar-refractivity contribution in [2.45, 2.75) is 25.9 Å². The van der Waals surface area contributed by atoms with Gasteiger partial charge in [-0.05, 0) is 43.5 Å². The molecule has 0 radical (unpaired) electrons. The Morgan fingerprint density at radius 2 is 2.06 bits per heavy atom. The Kier molecular flexibility index (Phi) is 6.91. The maximum Gasteiger partial charge on any atom is 0.272 e. The predicted octanol–water partition coefficient (Wildman–Crippen LogP) is 2.37. The van der Waals surface area contributed by atoms with E-state index in [0.29, 0.717) is 25.4 Å². The molecule has 2 amide bonds. The number of pyridine rings is 1. The van der Waals surface area contributed by atoms with Crippen LogP contribution in [0.3, 0.4) is 0 Å². The largest absolute Gasteiger partial charge is 0.365 e. The first kappa shape index (κ1) is 21.7. The number of ether oxygens (including phenoxy) is 1. The van der Waals surface area contributed by atoms with Crippen molar-refractivity contribution in [3.8, 4) is 11.3 Å². The van der Waals surface area contributed by atoms with Crippen molar-refractivity contribution in [2.24, 2.45) is 0 Å². The van der Waals surface area contributed by atoms with E-state index >= 15 is 0 Å². The van der Waals surface area contributed by atoms with E-state index in [9.17, 15) is 9.59 Å². The summed E-state index contributed by atoms with van der Waals surface area (Å²) in [5, 5.41) is 10.0. The zero-order chi connectivity index (χ0) is 22.3.